The molecule has 18 heavy (non-hydrogen) atoms. The number of nitrogens with one attached hydrogen (secondary N) is 2. The van der Waals surface area contributed by atoms with Crippen LogP contribution in [-0.4, -0.2) is 23.3 Å². The van der Waals surface area contributed by atoms with E-state index in [1.165, 1.54) is 12.1 Å². The van der Waals surface area contributed by atoms with Crippen molar-refractivity contribution in [2.45, 2.75) is 24.9 Å². The van der Waals surface area contributed by atoms with E-state index in [9.17, 15) is 18.7 Å². The van der Waals surface area contributed by atoms with Crippen LogP contribution in [-0.2, 0) is 0 Å². The number of benzene rings is 1. The second-order valence-electron chi connectivity index (χ2n) is 4.49. The van der Waals surface area contributed by atoms with Gasteiger partial charge in [-0.3, -0.25) is 0 Å². The highest BCUT2D eigenvalue weighted by Crippen LogP contribution is 2.30. The van der Waals surface area contributed by atoms with Gasteiger partial charge in [0.25, 0.3) is 0 Å². The summed E-state index contributed by atoms with van der Waals surface area (Å²) in [6.07, 6.45) is 2.21. The van der Waals surface area contributed by atoms with E-state index < -0.39 is 23.3 Å². The third-order valence-electron chi connectivity index (χ3n) is 3.06. The summed E-state index contributed by atoms with van der Waals surface area (Å²) in [7, 11) is 0. The highest BCUT2D eigenvalue weighted by atomic mass is 19.2. The molecule has 1 aliphatic rings. The number of hydrogen-bond acceptors (Lipinski definition) is 2. The van der Waals surface area contributed by atoms with Crippen molar-refractivity contribution < 1.29 is 18.7 Å². The molecule has 0 unspecified atom stereocenters. The van der Waals surface area contributed by atoms with Crippen LogP contribution in [0.3, 0.4) is 0 Å². The molecule has 4 nitrogen and oxygen atoms in total. The normalized spacial score (nSPS) is 16.8. The van der Waals surface area contributed by atoms with Crippen LogP contribution in [0.25, 0.3) is 0 Å². The standard InChI is InChI=1S/C12H14F2N2O2/c13-8-3-1-4-9(10(8)14)16-11(17)15-7-12(18)5-2-6-12/h1,3-4,18H,2,5-7H2,(H2,15,16,17). The van der Waals surface area contributed by atoms with Crippen LogP contribution in [0.4, 0.5) is 19.3 Å². The fourth-order valence-electron chi connectivity index (χ4n) is 1.77. The summed E-state index contributed by atoms with van der Waals surface area (Å²) in [6, 6.07) is 2.86. The zero-order valence-corrected chi connectivity index (χ0v) is 9.67. The molecule has 6 heteroatoms. The molecule has 0 saturated heterocycles. The zero-order valence-electron chi connectivity index (χ0n) is 9.67. The molecule has 1 aromatic carbocycles. The van der Waals surface area contributed by atoms with Crippen LogP contribution in [0.15, 0.2) is 18.2 Å². The summed E-state index contributed by atoms with van der Waals surface area (Å²) in [6.45, 7) is 0.107. The summed E-state index contributed by atoms with van der Waals surface area (Å²) in [4.78, 5) is 11.4. The molecule has 0 aromatic heterocycles. The van der Waals surface area contributed by atoms with Crippen molar-refractivity contribution in [1.82, 2.24) is 5.32 Å². The van der Waals surface area contributed by atoms with E-state index in [1.54, 1.807) is 0 Å². The van der Waals surface area contributed by atoms with Gasteiger partial charge in [0.2, 0.25) is 0 Å². The molecule has 1 aliphatic carbocycles. The molecule has 0 spiro atoms. The monoisotopic (exact) mass is 256 g/mol. The molecule has 0 atom stereocenters. The van der Waals surface area contributed by atoms with Crippen LogP contribution in [0.2, 0.25) is 0 Å². The number of carbonyl (C=O) groups is 1. The lowest BCUT2D eigenvalue weighted by molar-refractivity contribution is -0.0287. The molecule has 0 heterocycles. The third-order valence-corrected chi connectivity index (χ3v) is 3.06. The Morgan fingerprint density at radius 1 is 1.39 bits per heavy atom. The molecule has 1 aromatic rings. The van der Waals surface area contributed by atoms with E-state index in [0.29, 0.717) is 12.8 Å². The lowest BCUT2D eigenvalue weighted by atomic mass is 9.80. The number of carbonyl (C=O) groups excluding carboxylic acids is 1. The van der Waals surface area contributed by atoms with Crippen LogP contribution in [0.5, 0.6) is 0 Å². The first-order chi connectivity index (χ1) is 8.50. The Kier molecular flexibility index (Phi) is 3.47. The Hall–Kier alpha value is -1.69. The van der Waals surface area contributed by atoms with E-state index in [4.69, 9.17) is 0 Å². The van der Waals surface area contributed by atoms with Gasteiger partial charge in [0.05, 0.1) is 11.3 Å². The first-order valence-corrected chi connectivity index (χ1v) is 5.71. The fourth-order valence-corrected chi connectivity index (χ4v) is 1.77. The van der Waals surface area contributed by atoms with Crippen molar-refractivity contribution in [3.8, 4) is 0 Å². The van der Waals surface area contributed by atoms with Gasteiger partial charge in [-0.1, -0.05) is 6.07 Å². The quantitative estimate of drug-likeness (QED) is 0.774. The van der Waals surface area contributed by atoms with Crippen LogP contribution in [0, 0.1) is 11.6 Å². The number of aliphatic hydroxyl groups is 1. The Balaban J connectivity index is 1.89. The van der Waals surface area contributed by atoms with E-state index >= 15 is 0 Å². The molecular formula is C12H14F2N2O2. The smallest absolute Gasteiger partial charge is 0.319 e. The maximum absolute atomic E-state index is 13.2. The molecule has 2 rings (SSSR count). The average Bonchev–Trinajstić information content (AvgIpc) is 2.30. The summed E-state index contributed by atoms with van der Waals surface area (Å²) in [5, 5.41) is 14.4. The van der Waals surface area contributed by atoms with Crippen LogP contribution >= 0.6 is 0 Å². The molecule has 3 N–H and O–H groups in total. The minimum Gasteiger partial charge on any atom is -0.388 e. The van der Waals surface area contributed by atoms with Gasteiger partial charge in [-0.15, -0.1) is 0 Å². The Morgan fingerprint density at radius 2 is 2.11 bits per heavy atom. The molecule has 0 aliphatic heterocycles. The van der Waals surface area contributed by atoms with Gasteiger partial charge in [-0.25, -0.2) is 13.6 Å². The number of anilines is 1. The molecule has 0 bridgehead atoms. The third kappa shape index (κ3) is 2.76. The second kappa shape index (κ2) is 4.89. The Morgan fingerprint density at radius 3 is 2.72 bits per heavy atom. The Bertz CT molecular complexity index is 461. The average molecular weight is 256 g/mol. The zero-order chi connectivity index (χ0) is 13.2. The predicted molar refractivity (Wildman–Crippen MR) is 62.2 cm³/mol. The summed E-state index contributed by atoms with van der Waals surface area (Å²) >= 11 is 0. The van der Waals surface area contributed by atoms with Gasteiger partial charge >= 0.3 is 6.03 Å². The topological polar surface area (TPSA) is 61.4 Å². The van der Waals surface area contributed by atoms with Crippen LogP contribution < -0.4 is 10.6 Å². The van der Waals surface area contributed by atoms with E-state index in [1.807, 2.05) is 0 Å². The van der Waals surface area contributed by atoms with E-state index in [0.717, 1.165) is 12.5 Å². The van der Waals surface area contributed by atoms with Crippen molar-refractivity contribution in [1.29, 1.82) is 0 Å². The first-order valence-electron chi connectivity index (χ1n) is 5.71. The van der Waals surface area contributed by atoms with Gasteiger partial charge < -0.3 is 15.7 Å². The molecule has 98 valence electrons. The minimum absolute atomic E-state index is 0.107. The Labute approximate surface area is 103 Å². The lowest BCUT2D eigenvalue weighted by Crippen LogP contribution is -2.48. The van der Waals surface area contributed by atoms with Gasteiger partial charge in [-0.2, -0.15) is 0 Å². The summed E-state index contributed by atoms with van der Waals surface area (Å²) in [5.41, 5.74) is -1.08. The highest BCUT2D eigenvalue weighted by molar-refractivity contribution is 5.89. The summed E-state index contributed by atoms with van der Waals surface area (Å²) < 4.78 is 26.1. The van der Waals surface area contributed by atoms with Gasteiger partial charge in [0.15, 0.2) is 11.6 Å². The number of halogens is 2. The van der Waals surface area contributed by atoms with Gasteiger partial charge in [-0.05, 0) is 31.4 Å². The highest BCUT2D eigenvalue weighted by Gasteiger charge is 2.34. The largest absolute Gasteiger partial charge is 0.388 e. The number of amides is 2. The van der Waals surface area contributed by atoms with Gasteiger partial charge in [0, 0.05) is 6.54 Å². The van der Waals surface area contributed by atoms with E-state index in [2.05, 4.69) is 10.6 Å². The second-order valence-corrected chi connectivity index (χ2v) is 4.49. The van der Waals surface area contributed by atoms with Gasteiger partial charge in [0.1, 0.15) is 0 Å². The number of hydrogen-bond donors (Lipinski definition) is 3. The lowest BCUT2D eigenvalue weighted by Gasteiger charge is -2.36. The van der Waals surface area contributed by atoms with E-state index in [-0.39, 0.29) is 12.2 Å². The fraction of sp³-hybridized carbons (Fsp3) is 0.417. The maximum Gasteiger partial charge on any atom is 0.319 e. The summed E-state index contributed by atoms with van der Waals surface area (Å²) in [5.74, 6) is -2.12. The van der Waals surface area contributed by atoms with Crippen LogP contribution in [0.1, 0.15) is 19.3 Å². The van der Waals surface area contributed by atoms with Crippen molar-refractivity contribution in [3.05, 3.63) is 29.8 Å². The number of urea groups is 1. The van der Waals surface area contributed by atoms with Crippen molar-refractivity contribution in [2.75, 3.05) is 11.9 Å². The van der Waals surface area contributed by atoms with Crippen molar-refractivity contribution in [3.63, 3.8) is 0 Å². The molecule has 0 radical (unpaired) electrons. The maximum atomic E-state index is 13.2. The molecule has 2 amide bonds. The molecular weight excluding hydrogens is 242 g/mol. The van der Waals surface area contributed by atoms with Crippen molar-refractivity contribution in [2.24, 2.45) is 0 Å². The SMILES string of the molecule is O=C(NCC1(O)CCC1)Nc1cccc(F)c1F. The van der Waals surface area contributed by atoms with Crippen molar-refractivity contribution >= 4 is 11.7 Å². The minimum atomic E-state index is -1.10. The first kappa shape index (κ1) is 12.8. The predicted octanol–water partition coefficient (Wildman–Crippen LogP) is 2.00. The number of rotatable bonds is 3. The molecule has 1 saturated carbocycles. The molecule has 1 fully saturated rings.